The maximum Gasteiger partial charge on any atom is 0.187 e. The van der Waals surface area contributed by atoms with Crippen molar-refractivity contribution >= 4 is 5.97 Å². The van der Waals surface area contributed by atoms with Gasteiger partial charge in [-0.25, -0.2) is 0 Å². The molecule has 252 valence electrons. The first-order valence-corrected chi connectivity index (χ1v) is 15.8. The number of hydrogen-bond acceptors (Lipinski definition) is 13. The Hall–Kier alpha value is -1.23. The van der Waals surface area contributed by atoms with Gasteiger partial charge < -0.3 is 64.6 Å². The molecule has 0 aromatic heterocycles. The van der Waals surface area contributed by atoms with Gasteiger partial charge >= 0.3 is 0 Å². The molecule has 2 fully saturated rings. The van der Waals surface area contributed by atoms with E-state index < -0.39 is 80.6 Å². The monoisotopic (exact) mass is 621 g/mol. The van der Waals surface area contributed by atoms with Gasteiger partial charge in [-0.15, -0.1) is 0 Å². The van der Waals surface area contributed by atoms with Gasteiger partial charge in [0, 0.05) is 12.6 Å². The predicted molar refractivity (Wildman–Crippen MR) is 151 cm³/mol. The van der Waals surface area contributed by atoms with Crippen LogP contribution in [0.2, 0.25) is 0 Å². The number of allylic oxidation sites excluding steroid dienone is 2. The maximum absolute atomic E-state index is 10.7. The summed E-state index contributed by atoms with van der Waals surface area (Å²) in [4.78, 5) is 10.4. The van der Waals surface area contributed by atoms with Crippen LogP contribution in [-0.2, 0) is 23.7 Å². The summed E-state index contributed by atoms with van der Waals surface area (Å²) in [6.07, 6.45) is 3.02. The lowest BCUT2D eigenvalue weighted by molar-refractivity contribution is -0.367. The Kier molecular flexibility index (Phi) is 19.0. The average molecular weight is 622 g/mol. The van der Waals surface area contributed by atoms with E-state index in [4.69, 9.17) is 18.9 Å². The molecular weight excluding hydrogens is 568 g/mol. The fourth-order valence-electron chi connectivity index (χ4n) is 5.24. The first-order chi connectivity index (χ1) is 20.7. The smallest absolute Gasteiger partial charge is 0.187 e. The van der Waals surface area contributed by atoms with E-state index in [0.717, 1.165) is 70.6 Å². The third kappa shape index (κ3) is 13.3. The normalized spacial score (nSPS) is 33.3. The van der Waals surface area contributed by atoms with Crippen LogP contribution in [0.1, 0.15) is 89.9 Å². The Morgan fingerprint density at radius 3 is 1.67 bits per heavy atom. The van der Waals surface area contributed by atoms with Crippen LogP contribution in [0, 0.1) is 0 Å². The zero-order chi connectivity index (χ0) is 31.6. The van der Waals surface area contributed by atoms with Crippen molar-refractivity contribution in [3.63, 3.8) is 0 Å². The summed E-state index contributed by atoms with van der Waals surface area (Å²) in [6, 6.07) is 0. The SMILES string of the molecule is O=C([O-])CCCCCCC/C=C\CCCCCCCCO[C@@H]1O[C@H](CO)[C@@H](O)[C@H](O)[C@H]1O[C@@H]1O[C@H](CO)[C@@H](O)[C@H](O)[C@H]1O. The summed E-state index contributed by atoms with van der Waals surface area (Å²) < 4.78 is 22.4. The zero-order valence-corrected chi connectivity index (χ0v) is 25.0. The van der Waals surface area contributed by atoms with E-state index in [1.165, 1.54) is 0 Å². The number of carboxylic acids is 1. The van der Waals surface area contributed by atoms with Gasteiger partial charge in [0.15, 0.2) is 12.6 Å². The Labute approximate surface area is 254 Å². The van der Waals surface area contributed by atoms with Crippen molar-refractivity contribution in [1.29, 1.82) is 0 Å². The minimum atomic E-state index is -1.71. The molecule has 2 aliphatic heterocycles. The van der Waals surface area contributed by atoms with E-state index in [2.05, 4.69) is 12.2 Å². The summed E-state index contributed by atoms with van der Waals surface area (Å²) >= 11 is 0. The maximum atomic E-state index is 10.7. The van der Waals surface area contributed by atoms with Gasteiger partial charge in [0.25, 0.3) is 0 Å². The molecule has 0 bridgehead atoms. The Bertz CT molecular complexity index is 766. The largest absolute Gasteiger partial charge is 0.550 e. The van der Waals surface area contributed by atoms with Gasteiger partial charge in [0.2, 0.25) is 0 Å². The minimum absolute atomic E-state index is 0.151. The number of hydrogen-bond donors (Lipinski definition) is 7. The molecule has 0 aromatic rings. The van der Waals surface area contributed by atoms with Crippen LogP contribution >= 0.6 is 0 Å². The zero-order valence-electron chi connectivity index (χ0n) is 25.0. The highest BCUT2D eigenvalue weighted by atomic mass is 16.8. The van der Waals surface area contributed by atoms with Crippen LogP contribution in [0.4, 0.5) is 0 Å². The van der Waals surface area contributed by atoms with E-state index in [-0.39, 0.29) is 13.0 Å². The standard InChI is InChI=1S/C30H54O13/c31-18-20-23(35)25(37)27(39)29(41-20)43-28-26(38)24(36)21(19-32)42-30(28)40-17-15-13-11-9-7-5-3-1-2-4-6-8-10-12-14-16-22(33)34/h1-2,20-21,23-32,35-39H,3-19H2,(H,33,34)/p-1/b2-1-/t20-,21-,23-,24-,25+,26+,27-,28-,29+,30-/m1/s1. The molecule has 2 saturated heterocycles. The predicted octanol–water partition coefficient (Wildman–Crippen LogP) is -0.605. The number of ether oxygens (including phenoxy) is 4. The van der Waals surface area contributed by atoms with Crippen molar-refractivity contribution in [1.82, 2.24) is 0 Å². The van der Waals surface area contributed by atoms with Crippen molar-refractivity contribution in [2.75, 3.05) is 19.8 Å². The lowest BCUT2D eigenvalue weighted by Crippen LogP contribution is -2.64. The number of carboxylic acid groups (broad SMARTS) is 1. The number of aliphatic hydroxyl groups is 7. The summed E-state index contributed by atoms with van der Waals surface area (Å²) in [7, 11) is 0. The van der Waals surface area contributed by atoms with Gasteiger partial charge in [-0.3, -0.25) is 0 Å². The molecule has 0 unspecified atom stereocenters. The van der Waals surface area contributed by atoms with Crippen molar-refractivity contribution in [2.45, 2.75) is 151 Å². The fraction of sp³-hybridized carbons (Fsp3) is 0.900. The number of rotatable bonds is 22. The van der Waals surface area contributed by atoms with E-state index in [1.54, 1.807) is 0 Å². The Morgan fingerprint density at radius 1 is 0.628 bits per heavy atom. The second kappa shape index (κ2) is 21.5. The summed E-state index contributed by atoms with van der Waals surface area (Å²) in [5.41, 5.74) is 0. The topological polar surface area (TPSA) is 219 Å². The van der Waals surface area contributed by atoms with Gasteiger partial charge in [-0.2, -0.15) is 0 Å². The Morgan fingerprint density at radius 2 is 1.12 bits per heavy atom. The lowest BCUT2D eigenvalue weighted by atomic mass is 9.97. The van der Waals surface area contributed by atoms with Crippen LogP contribution in [0.25, 0.3) is 0 Å². The number of carbonyl (C=O) groups is 1. The minimum Gasteiger partial charge on any atom is -0.550 e. The van der Waals surface area contributed by atoms with Crippen molar-refractivity contribution < 1.29 is 64.6 Å². The van der Waals surface area contributed by atoms with Gasteiger partial charge in [-0.05, 0) is 44.9 Å². The lowest BCUT2D eigenvalue weighted by Gasteiger charge is -2.45. The van der Waals surface area contributed by atoms with Crippen LogP contribution < -0.4 is 5.11 Å². The molecule has 13 nitrogen and oxygen atoms in total. The third-order valence-corrected chi connectivity index (χ3v) is 7.93. The van der Waals surface area contributed by atoms with Crippen molar-refractivity contribution in [3.8, 4) is 0 Å². The van der Waals surface area contributed by atoms with Crippen LogP contribution in [-0.4, -0.2) is 123 Å². The molecule has 0 amide bonds. The number of aliphatic hydroxyl groups excluding tert-OH is 7. The number of unbranched alkanes of at least 4 members (excludes halogenated alkanes) is 11. The second-order valence-corrected chi connectivity index (χ2v) is 11.4. The molecule has 0 saturated carbocycles. The molecular formula is C30H53O13-. The summed E-state index contributed by atoms with van der Waals surface area (Å²) in [6.45, 7) is -0.979. The molecule has 2 heterocycles. The van der Waals surface area contributed by atoms with Gasteiger partial charge in [-0.1, -0.05) is 57.1 Å². The van der Waals surface area contributed by atoms with E-state index in [1.807, 2.05) is 0 Å². The molecule has 0 spiro atoms. The van der Waals surface area contributed by atoms with Crippen LogP contribution in [0.15, 0.2) is 12.2 Å². The number of aliphatic carboxylic acids is 1. The molecule has 2 aliphatic rings. The molecule has 0 aliphatic carbocycles. The summed E-state index contributed by atoms with van der Waals surface area (Å²) in [5.74, 6) is -0.970. The molecule has 10 atom stereocenters. The first kappa shape index (κ1) is 38.0. The Balaban J connectivity index is 1.62. The van der Waals surface area contributed by atoms with Crippen molar-refractivity contribution in [2.24, 2.45) is 0 Å². The first-order valence-electron chi connectivity index (χ1n) is 15.8. The average Bonchev–Trinajstić information content (AvgIpc) is 2.99. The third-order valence-electron chi connectivity index (χ3n) is 7.93. The quantitative estimate of drug-likeness (QED) is 0.0594. The van der Waals surface area contributed by atoms with Crippen LogP contribution in [0.5, 0.6) is 0 Å². The molecule has 7 N–H and O–H groups in total. The van der Waals surface area contributed by atoms with Crippen LogP contribution in [0.3, 0.4) is 0 Å². The van der Waals surface area contributed by atoms with E-state index >= 15 is 0 Å². The highest BCUT2D eigenvalue weighted by Gasteiger charge is 2.50. The second-order valence-electron chi connectivity index (χ2n) is 11.4. The fourth-order valence-corrected chi connectivity index (χ4v) is 5.24. The molecule has 13 heteroatoms. The highest BCUT2D eigenvalue weighted by Crippen LogP contribution is 2.30. The van der Waals surface area contributed by atoms with Gasteiger partial charge in [0.05, 0.1) is 13.2 Å². The molecule has 2 rings (SSSR count). The van der Waals surface area contributed by atoms with E-state index in [0.29, 0.717) is 12.8 Å². The molecule has 0 aromatic carbocycles. The summed E-state index contributed by atoms with van der Waals surface area (Å²) in [5, 5.41) is 80.6. The molecule has 43 heavy (non-hydrogen) atoms. The van der Waals surface area contributed by atoms with Gasteiger partial charge in [0.1, 0.15) is 48.8 Å². The molecule has 0 radical (unpaired) electrons. The highest BCUT2D eigenvalue weighted by molar-refractivity contribution is 5.64. The van der Waals surface area contributed by atoms with E-state index in [9.17, 15) is 45.6 Å². The number of carbonyl (C=O) groups excluding carboxylic acids is 1. The van der Waals surface area contributed by atoms with Crippen molar-refractivity contribution in [3.05, 3.63) is 12.2 Å².